The number of carbonyl (C=O) groups excluding carboxylic acids is 1. The molecule has 3 rings (SSSR count). The van der Waals surface area contributed by atoms with Gasteiger partial charge in [0, 0.05) is 0 Å². The van der Waals surface area contributed by atoms with Crippen LogP contribution in [-0.4, -0.2) is 53.8 Å². The first-order chi connectivity index (χ1) is 11.1. The molecule has 1 saturated heterocycles. The molecule has 0 spiro atoms. The number of piperazine rings is 1. The summed E-state index contributed by atoms with van der Waals surface area (Å²) in [5.74, 6) is 0.119. The summed E-state index contributed by atoms with van der Waals surface area (Å²) < 4.78 is 1.90. The summed E-state index contributed by atoms with van der Waals surface area (Å²) in [7, 11) is 2.18. The van der Waals surface area contributed by atoms with Crippen LogP contribution in [-0.2, 0) is 6.42 Å². The number of benzene rings is 1. The van der Waals surface area contributed by atoms with E-state index in [0.717, 1.165) is 49.5 Å². The smallest absolute Gasteiger partial charge is 0.257 e. The minimum atomic E-state index is 0.119. The fourth-order valence-corrected chi connectivity index (χ4v) is 3.14. The molecule has 122 valence electrons. The zero-order chi connectivity index (χ0) is 16.4. The summed E-state index contributed by atoms with van der Waals surface area (Å²) in [6.45, 7) is 7.82. The average Bonchev–Trinajstić information content (AvgIpc) is 2.98. The van der Waals surface area contributed by atoms with Gasteiger partial charge in [-0.25, -0.2) is 4.68 Å². The van der Waals surface area contributed by atoms with E-state index in [2.05, 4.69) is 38.1 Å². The van der Waals surface area contributed by atoms with E-state index in [1.165, 1.54) is 10.5 Å². The van der Waals surface area contributed by atoms with Crippen LogP contribution < -0.4 is 4.90 Å². The first-order valence-corrected chi connectivity index (χ1v) is 8.34. The molecule has 5 heteroatoms. The Hall–Kier alpha value is -2.14. The molecule has 1 amide bonds. The van der Waals surface area contributed by atoms with Crippen molar-refractivity contribution in [2.75, 3.05) is 33.2 Å². The predicted octanol–water partition coefficient (Wildman–Crippen LogP) is 0.714. The van der Waals surface area contributed by atoms with Gasteiger partial charge in [0.05, 0.1) is 56.4 Å². The summed E-state index contributed by atoms with van der Waals surface area (Å²) in [5, 5.41) is 4.49. The van der Waals surface area contributed by atoms with E-state index < -0.39 is 0 Å². The molecule has 2 heterocycles. The van der Waals surface area contributed by atoms with Gasteiger partial charge in [0.2, 0.25) is 0 Å². The molecule has 23 heavy (non-hydrogen) atoms. The second kappa shape index (κ2) is 6.54. The van der Waals surface area contributed by atoms with Crippen LogP contribution in [0.5, 0.6) is 0 Å². The second-order valence-electron chi connectivity index (χ2n) is 6.36. The van der Waals surface area contributed by atoms with E-state index in [1.807, 2.05) is 21.7 Å². The molecule has 0 bridgehead atoms. The first kappa shape index (κ1) is 15.7. The van der Waals surface area contributed by atoms with Crippen LogP contribution in [0.3, 0.4) is 0 Å². The van der Waals surface area contributed by atoms with Gasteiger partial charge in [0.25, 0.3) is 5.91 Å². The van der Waals surface area contributed by atoms with E-state index in [0.29, 0.717) is 0 Å². The van der Waals surface area contributed by atoms with Crippen LogP contribution in [0.2, 0.25) is 0 Å². The molecule has 1 N–H and O–H groups in total. The van der Waals surface area contributed by atoms with Crippen molar-refractivity contribution in [2.45, 2.75) is 20.3 Å². The SMILES string of the molecule is CCc1c(C(=O)N2CC[NH+](C)CC2)cnn1-c1cccc(C)c1. The van der Waals surface area contributed by atoms with Gasteiger partial charge in [-0.1, -0.05) is 19.1 Å². The second-order valence-corrected chi connectivity index (χ2v) is 6.36. The molecule has 0 unspecified atom stereocenters. The molecule has 2 aromatic rings. The van der Waals surface area contributed by atoms with Crippen molar-refractivity contribution in [3.63, 3.8) is 0 Å². The maximum atomic E-state index is 12.9. The lowest BCUT2D eigenvalue weighted by Gasteiger charge is -2.30. The number of nitrogens with zero attached hydrogens (tertiary/aromatic N) is 3. The molecule has 1 fully saturated rings. The van der Waals surface area contributed by atoms with Gasteiger partial charge in [0.1, 0.15) is 0 Å². The highest BCUT2D eigenvalue weighted by Gasteiger charge is 2.26. The van der Waals surface area contributed by atoms with Gasteiger partial charge < -0.3 is 9.80 Å². The number of hydrogen-bond donors (Lipinski definition) is 1. The molecule has 0 atom stereocenters. The van der Waals surface area contributed by atoms with Crippen molar-refractivity contribution >= 4 is 5.91 Å². The van der Waals surface area contributed by atoms with Gasteiger partial charge in [-0.05, 0) is 31.0 Å². The van der Waals surface area contributed by atoms with Gasteiger partial charge in [-0.3, -0.25) is 4.79 Å². The van der Waals surface area contributed by atoms with E-state index >= 15 is 0 Å². The Balaban J connectivity index is 1.90. The van der Waals surface area contributed by atoms with Gasteiger partial charge >= 0.3 is 0 Å². The van der Waals surface area contributed by atoms with Crippen molar-refractivity contribution in [2.24, 2.45) is 0 Å². The number of quaternary nitrogens is 1. The lowest BCUT2D eigenvalue weighted by molar-refractivity contribution is -0.883. The third-order valence-corrected chi connectivity index (χ3v) is 4.58. The predicted molar refractivity (Wildman–Crippen MR) is 90.2 cm³/mol. The molecule has 5 nitrogen and oxygen atoms in total. The quantitative estimate of drug-likeness (QED) is 0.907. The largest absolute Gasteiger partial charge is 0.334 e. The lowest BCUT2D eigenvalue weighted by Crippen LogP contribution is -3.12. The van der Waals surface area contributed by atoms with Crippen LogP contribution in [0.4, 0.5) is 0 Å². The number of rotatable bonds is 3. The van der Waals surface area contributed by atoms with Crippen molar-refractivity contribution in [3.05, 3.63) is 47.3 Å². The van der Waals surface area contributed by atoms with E-state index in [4.69, 9.17) is 0 Å². The highest BCUT2D eigenvalue weighted by Crippen LogP contribution is 2.18. The first-order valence-electron chi connectivity index (χ1n) is 8.34. The van der Waals surface area contributed by atoms with Gasteiger partial charge in [-0.15, -0.1) is 0 Å². The molecule has 0 radical (unpaired) electrons. The molecule has 1 aromatic carbocycles. The number of aromatic nitrogens is 2. The molecular formula is C18H25N4O+. The van der Waals surface area contributed by atoms with Crippen molar-refractivity contribution in [1.82, 2.24) is 14.7 Å². The summed E-state index contributed by atoms with van der Waals surface area (Å²) >= 11 is 0. The Morgan fingerprint density at radius 2 is 2.04 bits per heavy atom. The van der Waals surface area contributed by atoms with Gasteiger partial charge in [0.15, 0.2) is 0 Å². The highest BCUT2D eigenvalue weighted by atomic mass is 16.2. The molecule has 0 saturated carbocycles. The molecule has 1 aliphatic heterocycles. The van der Waals surface area contributed by atoms with Crippen LogP contribution in [0.25, 0.3) is 5.69 Å². The molecule has 1 aliphatic rings. The Bertz CT molecular complexity index is 699. The topological polar surface area (TPSA) is 42.6 Å². The van der Waals surface area contributed by atoms with Crippen molar-refractivity contribution < 1.29 is 9.69 Å². The minimum absolute atomic E-state index is 0.119. The maximum Gasteiger partial charge on any atom is 0.257 e. The number of nitrogens with one attached hydrogen (secondary N) is 1. The van der Waals surface area contributed by atoms with Crippen LogP contribution in [0, 0.1) is 6.92 Å². The van der Waals surface area contributed by atoms with E-state index in [-0.39, 0.29) is 5.91 Å². The molecule has 0 aliphatic carbocycles. The average molecular weight is 313 g/mol. The number of aryl methyl sites for hydroxylation is 1. The summed E-state index contributed by atoms with van der Waals surface area (Å²) in [6, 6.07) is 8.22. The Labute approximate surface area is 137 Å². The molecule has 1 aromatic heterocycles. The minimum Gasteiger partial charge on any atom is -0.334 e. The number of hydrogen-bond acceptors (Lipinski definition) is 2. The zero-order valence-electron chi connectivity index (χ0n) is 14.2. The Morgan fingerprint density at radius 3 is 2.70 bits per heavy atom. The third kappa shape index (κ3) is 3.15. The molecular weight excluding hydrogens is 288 g/mol. The van der Waals surface area contributed by atoms with Crippen LogP contribution in [0.1, 0.15) is 28.5 Å². The van der Waals surface area contributed by atoms with Crippen LogP contribution in [0.15, 0.2) is 30.5 Å². The Kier molecular flexibility index (Phi) is 4.48. The monoisotopic (exact) mass is 313 g/mol. The summed E-state index contributed by atoms with van der Waals surface area (Å²) in [6.07, 6.45) is 2.52. The van der Waals surface area contributed by atoms with E-state index in [1.54, 1.807) is 6.20 Å². The number of amides is 1. The lowest BCUT2D eigenvalue weighted by atomic mass is 10.1. The third-order valence-electron chi connectivity index (χ3n) is 4.58. The van der Waals surface area contributed by atoms with Crippen molar-refractivity contribution in [3.8, 4) is 5.69 Å². The summed E-state index contributed by atoms with van der Waals surface area (Å²) in [5.41, 5.74) is 3.94. The standard InChI is InChI=1S/C18H24N4O/c1-4-17-16(18(23)21-10-8-20(3)9-11-21)13-19-22(17)15-7-5-6-14(2)12-15/h5-7,12-13H,4,8-11H2,1-3H3/p+1. The normalized spacial score (nSPS) is 15.9. The fourth-order valence-electron chi connectivity index (χ4n) is 3.14. The summed E-state index contributed by atoms with van der Waals surface area (Å²) in [4.78, 5) is 16.3. The number of likely N-dealkylation sites (N-methyl/N-ethyl adjacent to an activating group) is 1. The maximum absolute atomic E-state index is 12.9. The fraction of sp³-hybridized carbons (Fsp3) is 0.444. The van der Waals surface area contributed by atoms with Crippen molar-refractivity contribution in [1.29, 1.82) is 0 Å². The van der Waals surface area contributed by atoms with Crippen LogP contribution >= 0.6 is 0 Å². The zero-order valence-corrected chi connectivity index (χ0v) is 14.2. The van der Waals surface area contributed by atoms with Gasteiger partial charge in [-0.2, -0.15) is 5.10 Å². The number of carbonyl (C=O) groups is 1. The Morgan fingerprint density at radius 1 is 1.30 bits per heavy atom. The van der Waals surface area contributed by atoms with E-state index in [9.17, 15) is 4.79 Å². The highest BCUT2D eigenvalue weighted by molar-refractivity contribution is 5.95.